The standard InChI is InChI=1S/C13H12N2/c1-10-9-15(2)13-6-4-3-5-12(13)11(10)7-8-14/h3-7,9H,1-2H3/b11-7-. The number of para-hydroxylation sites is 1. The molecule has 15 heavy (non-hydrogen) atoms. The summed E-state index contributed by atoms with van der Waals surface area (Å²) in [5.41, 5.74) is 4.41. The van der Waals surface area contributed by atoms with E-state index in [2.05, 4.69) is 17.0 Å². The molecule has 1 aromatic rings. The largest absolute Gasteiger partial charge is 0.350 e. The summed E-state index contributed by atoms with van der Waals surface area (Å²) in [5, 5.41) is 8.76. The van der Waals surface area contributed by atoms with Crippen LogP contribution in [0.1, 0.15) is 12.5 Å². The highest BCUT2D eigenvalue weighted by Crippen LogP contribution is 2.35. The summed E-state index contributed by atoms with van der Waals surface area (Å²) in [5.74, 6) is 0. The third kappa shape index (κ3) is 1.53. The lowest BCUT2D eigenvalue weighted by atomic mass is 9.94. The van der Waals surface area contributed by atoms with Gasteiger partial charge in [-0.15, -0.1) is 0 Å². The highest BCUT2D eigenvalue weighted by Gasteiger charge is 2.16. The van der Waals surface area contributed by atoms with Gasteiger partial charge in [-0.2, -0.15) is 5.26 Å². The molecule has 0 saturated heterocycles. The molecule has 0 saturated carbocycles. The van der Waals surface area contributed by atoms with Crippen LogP contribution >= 0.6 is 0 Å². The number of benzene rings is 1. The molecule has 0 N–H and O–H groups in total. The average Bonchev–Trinajstić information content (AvgIpc) is 2.24. The molecular formula is C13H12N2. The molecule has 0 aromatic heterocycles. The third-order valence-electron chi connectivity index (χ3n) is 2.60. The Bertz CT molecular complexity index is 490. The number of fused-ring (bicyclic) bond motifs is 1. The van der Waals surface area contributed by atoms with Gasteiger partial charge in [0.1, 0.15) is 0 Å². The Hall–Kier alpha value is -2.01. The number of anilines is 1. The Kier molecular flexibility index (Phi) is 2.31. The molecule has 74 valence electrons. The van der Waals surface area contributed by atoms with Gasteiger partial charge >= 0.3 is 0 Å². The molecule has 1 aliphatic rings. The monoisotopic (exact) mass is 196 g/mol. The van der Waals surface area contributed by atoms with Crippen LogP contribution in [-0.2, 0) is 0 Å². The zero-order valence-corrected chi connectivity index (χ0v) is 8.86. The van der Waals surface area contributed by atoms with Crippen molar-refractivity contribution < 1.29 is 0 Å². The lowest BCUT2D eigenvalue weighted by molar-refractivity contribution is 1.15. The van der Waals surface area contributed by atoms with E-state index in [4.69, 9.17) is 5.26 Å². The van der Waals surface area contributed by atoms with Gasteiger partial charge in [-0.25, -0.2) is 0 Å². The van der Waals surface area contributed by atoms with Gasteiger partial charge in [-0.05, 0) is 24.1 Å². The van der Waals surface area contributed by atoms with Crippen LogP contribution in [0, 0.1) is 11.3 Å². The van der Waals surface area contributed by atoms with Gasteiger partial charge in [0.2, 0.25) is 0 Å². The topological polar surface area (TPSA) is 27.0 Å². The molecule has 1 aromatic carbocycles. The Morgan fingerprint density at radius 3 is 2.80 bits per heavy atom. The number of rotatable bonds is 0. The fraction of sp³-hybridized carbons (Fsp3) is 0.154. The Morgan fingerprint density at radius 1 is 1.33 bits per heavy atom. The molecule has 0 unspecified atom stereocenters. The van der Waals surface area contributed by atoms with Crippen molar-refractivity contribution in [2.75, 3.05) is 11.9 Å². The molecule has 2 rings (SSSR count). The van der Waals surface area contributed by atoms with Crippen LogP contribution in [0.5, 0.6) is 0 Å². The van der Waals surface area contributed by atoms with E-state index in [-0.39, 0.29) is 0 Å². The maximum absolute atomic E-state index is 8.76. The molecule has 1 aliphatic heterocycles. The quantitative estimate of drug-likeness (QED) is 0.596. The summed E-state index contributed by atoms with van der Waals surface area (Å²) >= 11 is 0. The predicted molar refractivity (Wildman–Crippen MR) is 62.2 cm³/mol. The fourth-order valence-electron chi connectivity index (χ4n) is 1.91. The smallest absolute Gasteiger partial charge is 0.0918 e. The summed E-state index contributed by atoms with van der Waals surface area (Å²) in [4.78, 5) is 2.08. The van der Waals surface area contributed by atoms with E-state index in [0.717, 1.165) is 22.4 Å². The molecule has 0 atom stereocenters. The number of hydrogen-bond donors (Lipinski definition) is 0. The summed E-state index contributed by atoms with van der Waals surface area (Å²) in [6, 6.07) is 10.2. The summed E-state index contributed by atoms with van der Waals surface area (Å²) in [6.45, 7) is 2.02. The molecule has 0 bridgehead atoms. The van der Waals surface area contributed by atoms with Crippen LogP contribution in [0.4, 0.5) is 5.69 Å². The van der Waals surface area contributed by atoms with Crippen molar-refractivity contribution in [1.29, 1.82) is 5.26 Å². The average molecular weight is 196 g/mol. The minimum atomic E-state index is 1.02. The highest BCUT2D eigenvalue weighted by molar-refractivity contribution is 5.90. The molecule has 0 spiro atoms. The maximum Gasteiger partial charge on any atom is 0.0918 e. The van der Waals surface area contributed by atoms with Crippen LogP contribution in [0.25, 0.3) is 5.57 Å². The Balaban J connectivity index is 2.65. The lowest BCUT2D eigenvalue weighted by Crippen LogP contribution is -2.15. The summed E-state index contributed by atoms with van der Waals surface area (Å²) < 4.78 is 0. The molecule has 2 nitrogen and oxygen atoms in total. The fourth-order valence-corrected chi connectivity index (χ4v) is 1.91. The first-order valence-corrected chi connectivity index (χ1v) is 4.85. The Morgan fingerprint density at radius 2 is 2.07 bits per heavy atom. The van der Waals surface area contributed by atoms with Crippen molar-refractivity contribution >= 4 is 11.3 Å². The van der Waals surface area contributed by atoms with E-state index in [1.165, 1.54) is 0 Å². The van der Waals surface area contributed by atoms with Crippen molar-refractivity contribution in [3.05, 3.63) is 47.7 Å². The second-order valence-electron chi connectivity index (χ2n) is 3.63. The second kappa shape index (κ2) is 3.62. The highest BCUT2D eigenvalue weighted by atomic mass is 15.1. The first kappa shape index (κ1) is 9.54. The molecule has 2 heteroatoms. The predicted octanol–water partition coefficient (Wildman–Crippen LogP) is 2.95. The maximum atomic E-state index is 8.76. The van der Waals surface area contributed by atoms with E-state index in [1.807, 2.05) is 38.4 Å². The third-order valence-corrected chi connectivity index (χ3v) is 2.60. The van der Waals surface area contributed by atoms with Gasteiger partial charge in [0.15, 0.2) is 0 Å². The molecule has 0 fully saturated rings. The van der Waals surface area contributed by atoms with Crippen molar-refractivity contribution in [2.45, 2.75) is 6.92 Å². The molecule has 0 amide bonds. The zero-order chi connectivity index (χ0) is 10.8. The van der Waals surface area contributed by atoms with Crippen LogP contribution in [-0.4, -0.2) is 7.05 Å². The van der Waals surface area contributed by atoms with Crippen molar-refractivity contribution in [2.24, 2.45) is 0 Å². The minimum absolute atomic E-state index is 1.02. The van der Waals surface area contributed by atoms with Gasteiger partial charge in [0.05, 0.1) is 6.07 Å². The molecule has 0 aliphatic carbocycles. The SMILES string of the molecule is CC1=CN(C)c2ccccc2/C1=C\C#N. The second-order valence-corrected chi connectivity index (χ2v) is 3.63. The number of hydrogen-bond acceptors (Lipinski definition) is 2. The van der Waals surface area contributed by atoms with E-state index in [1.54, 1.807) is 6.08 Å². The van der Waals surface area contributed by atoms with Crippen molar-refractivity contribution in [1.82, 2.24) is 0 Å². The van der Waals surface area contributed by atoms with Gasteiger partial charge in [-0.1, -0.05) is 18.2 Å². The van der Waals surface area contributed by atoms with Crippen LogP contribution in [0.15, 0.2) is 42.1 Å². The van der Waals surface area contributed by atoms with Crippen molar-refractivity contribution in [3.8, 4) is 6.07 Å². The number of nitriles is 1. The normalized spacial score (nSPS) is 17.0. The van der Waals surface area contributed by atoms with E-state index < -0.39 is 0 Å². The summed E-state index contributed by atoms with van der Waals surface area (Å²) in [7, 11) is 2.02. The van der Waals surface area contributed by atoms with Crippen LogP contribution < -0.4 is 4.90 Å². The lowest BCUT2D eigenvalue weighted by Gasteiger charge is -2.26. The van der Waals surface area contributed by atoms with Crippen LogP contribution in [0.2, 0.25) is 0 Å². The zero-order valence-electron chi connectivity index (χ0n) is 8.86. The number of allylic oxidation sites excluding steroid dienone is 3. The van der Waals surface area contributed by atoms with Gasteiger partial charge in [-0.3, -0.25) is 0 Å². The molecule has 0 radical (unpaired) electrons. The Labute approximate surface area is 89.8 Å². The minimum Gasteiger partial charge on any atom is -0.350 e. The molecule has 1 heterocycles. The van der Waals surface area contributed by atoms with Gasteiger partial charge < -0.3 is 4.90 Å². The van der Waals surface area contributed by atoms with E-state index in [0.29, 0.717) is 0 Å². The first-order chi connectivity index (χ1) is 7.24. The summed E-state index contributed by atoms with van der Waals surface area (Å²) in [6.07, 6.45) is 3.66. The van der Waals surface area contributed by atoms with Gasteiger partial charge in [0, 0.05) is 30.6 Å². The first-order valence-electron chi connectivity index (χ1n) is 4.85. The molecular weight excluding hydrogens is 184 g/mol. The van der Waals surface area contributed by atoms with Gasteiger partial charge in [0.25, 0.3) is 0 Å². The number of nitrogens with zero attached hydrogens (tertiary/aromatic N) is 2. The van der Waals surface area contributed by atoms with Crippen LogP contribution in [0.3, 0.4) is 0 Å². The van der Waals surface area contributed by atoms with E-state index >= 15 is 0 Å². The van der Waals surface area contributed by atoms with Crippen molar-refractivity contribution in [3.63, 3.8) is 0 Å². The van der Waals surface area contributed by atoms with E-state index in [9.17, 15) is 0 Å².